The summed E-state index contributed by atoms with van der Waals surface area (Å²) in [5, 5.41) is 14.4. The smallest absolute Gasteiger partial charge is 0.319 e. The zero-order valence-corrected chi connectivity index (χ0v) is 12.3. The van der Waals surface area contributed by atoms with Gasteiger partial charge in [0, 0.05) is 31.5 Å². The standard InChI is InChI=1S/C15H21N3O3/c1-18(2)12-5-3-4-11(8-12)16-15(21)17-13(9-14(19)20)10-6-7-10/h3-5,8,10,13H,6-7,9H2,1-2H3,(H,19,20)(H2,16,17,21). The number of hydrogen-bond donors (Lipinski definition) is 3. The van der Waals surface area contributed by atoms with Crippen molar-refractivity contribution in [3.8, 4) is 0 Å². The molecule has 0 radical (unpaired) electrons. The summed E-state index contributed by atoms with van der Waals surface area (Å²) >= 11 is 0. The Morgan fingerprint density at radius 2 is 2.10 bits per heavy atom. The van der Waals surface area contributed by atoms with E-state index in [1.807, 2.05) is 37.2 Å². The molecule has 6 heteroatoms. The van der Waals surface area contributed by atoms with Crippen molar-refractivity contribution in [3.05, 3.63) is 24.3 Å². The number of amides is 2. The Morgan fingerprint density at radius 1 is 1.38 bits per heavy atom. The third kappa shape index (κ3) is 4.66. The molecule has 114 valence electrons. The van der Waals surface area contributed by atoms with Gasteiger partial charge in [-0.3, -0.25) is 4.79 Å². The lowest BCUT2D eigenvalue weighted by atomic mass is 10.1. The van der Waals surface area contributed by atoms with Crippen molar-refractivity contribution < 1.29 is 14.7 Å². The number of hydrogen-bond acceptors (Lipinski definition) is 3. The predicted molar refractivity (Wildman–Crippen MR) is 81.7 cm³/mol. The summed E-state index contributed by atoms with van der Waals surface area (Å²) in [7, 11) is 3.85. The fraction of sp³-hybridized carbons (Fsp3) is 0.467. The van der Waals surface area contributed by atoms with Crippen LogP contribution in [0.25, 0.3) is 0 Å². The van der Waals surface area contributed by atoms with E-state index in [1.165, 1.54) is 0 Å². The lowest BCUT2D eigenvalue weighted by Gasteiger charge is -2.18. The van der Waals surface area contributed by atoms with Crippen LogP contribution in [0.2, 0.25) is 0 Å². The molecule has 1 aliphatic carbocycles. The molecule has 1 atom stereocenters. The first-order valence-electron chi connectivity index (χ1n) is 7.02. The average Bonchev–Trinajstić information content (AvgIpc) is 3.21. The molecule has 0 spiro atoms. The van der Waals surface area contributed by atoms with Crippen molar-refractivity contribution >= 4 is 23.4 Å². The Kier molecular flexibility index (Phi) is 4.67. The summed E-state index contributed by atoms with van der Waals surface area (Å²) in [6.07, 6.45) is 1.93. The molecule has 0 aliphatic heterocycles. The van der Waals surface area contributed by atoms with Crippen LogP contribution in [-0.4, -0.2) is 37.2 Å². The summed E-state index contributed by atoms with van der Waals surface area (Å²) in [5.74, 6) is -0.596. The van der Waals surface area contributed by atoms with Gasteiger partial charge in [-0.05, 0) is 37.0 Å². The molecule has 0 saturated heterocycles. The predicted octanol–water partition coefficient (Wildman–Crippen LogP) is 2.13. The maximum atomic E-state index is 12.0. The monoisotopic (exact) mass is 291 g/mol. The number of carbonyl (C=O) groups is 2. The molecular weight excluding hydrogens is 270 g/mol. The van der Waals surface area contributed by atoms with Crippen LogP contribution in [-0.2, 0) is 4.79 Å². The van der Waals surface area contributed by atoms with Crippen molar-refractivity contribution in [2.24, 2.45) is 5.92 Å². The summed E-state index contributed by atoms with van der Waals surface area (Å²) in [6.45, 7) is 0. The fourth-order valence-corrected chi connectivity index (χ4v) is 2.22. The second kappa shape index (κ2) is 6.47. The van der Waals surface area contributed by atoms with Gasteiger partial charge in [-0.15, -0.1) is 0 Å². The van der Waals surface area contributed by atoms with Gasteiger partial charge in [0.2, 0.25) is 0 Å². The topological polar surface area (TPSA) is 81.7 Å². The van der Waals surface area contributed by atoms with Crippen LogP contribution in [0, 0.1) is 5.92 Å². The number of anilines is 2. The zero-order chi connectivity index (χ0) is 15.4. The van der Waals surface area contributed by atoms with Gasteiger partial charge < -0.3 is 20.6 Å². The van der Waals surface area contributed by atoms with Crippen LogP contribution in [0.3, 0.4) is 0 Å². The minimum atomic E-state index is -0.887. The molecule has 1 aromatic rings. The van der Waals surface area contributed by atoms with E-state index < -0.39 is 5.97 Å². The van der Waals surface area contributed by atoms with E-state index >= 15 is 0 Å². The van der Waals surface area contributed by atoms with Crippen LogP contribution in [0.4, 0.5) is 16.2 Å². The Morgan fingerprint density at radius 3 is 2.67 bits per heavy atom. The molecular formula is C15H21N3O3. The third-order valence-electron chi connectivity index (χ3n) is 3.52. The van der Waals surface area contributed by atoms with Gasteiger partial charge in [0.05, 0.1) is 6.42 Å². The van der Waals surface area contributed by atoms with Crippen molar-refractivity contribution in [1.29, 1.82) is 0 Å². The number of urea groups is 1. The first-order chi connectivity index (χ1) is 9.95. The van der Waals surface area contributed by atoms with E-state index in [0.717, 1.165) is 18.5 Å². The van der Waals surface area contributed by atoms with E-state index in [2.05, 4.69) is 10.6 Å². The highest BCUT2D eigenvalue weighted by atomic mass is 16.4. The first kappa shape index (κ1) is 15.2. The minimum absolute atomic E-state index is 0.0319. The van der Waals surface area contributed by atoms with Gasteiger partial charge in [-0.25, -0.2) is 4.79 Å². The second-order valence-electron chi connectivity index (χ2n) is 5.59. The SMILES string of the molecule is CN(C)c1cccc(NC(=O)NC(CC(=O)O)C2CC2)c1. The molecule has 21 heavy (non-hydrogen) atoms. The van der Waals surface area contributed by atoms with E-state index in [4.69, 9.17) is 5.11 Å². The minimum Gasteiger partial charge on any atom is -0.481 e. The number of nitrogens with zero attached hydrogens (tertiary/aromatic N) is 1. The van der Waals surface area contributed by atoms with Gasteiger partial charge >= 0.3 is 12.0 Å². The molecule has 3 N–H and O–H groups in total. The first-order valence-corrected chi connectivity index (χ1v) is 7.02. The molecule has 6 nitrogen and oxygen atoms in total. The maximum Gasteiger partial charge on any atom is 0.319 e. The molecule has 1 saturated carbocycles. The molecule has 1 aromatic carbocycles. The summed E-state index contributed by atoms with van der Waals surface area (Å²) in [5.41, 5.74) is 1.67. The number of carboxylic acids is 1. The Balaban J connectivity index is 1.94. The largest absolute Gasteiger partial charge is 0.481 e. The summed E-state index contributed by atoms with van der Waals surface area (Å²) in [6, 6.07) is 6.82. The van der Waals surface area contributed by atoms with E-state index in [0.29, 0.717) is 11.6 Å². The van der Waals surface area contributed by atoms with Crippen LogP contribution in [0.5, 0.6) is 0 Å². The van der Waals surface area contributed by atoms with Crippen molar-refractivity contribution in [2.45, 2.75) is 25.3 Å². The number of benzene rings is 1. The summed E-state index contributed by atoms with van der Waals surface area (Å²) in [4.78, 5) is 24.8. The van der Waals surface area contributed by atoms with E-state index in [1.54, 1.807) is 6.07 Å². The van der Waals surface area contributed by atoms with Crippen molar-refractivity contribution in [2.75, 3.05) is 24.3 Å². The van der Waals surface area contributed by atoms with Crippen molar-refractivity contribution in [3.63, 3.8) is 0 Å². The normalized spacial score (nSPS) is 15.1. The summed E-state index contributed by atoms with van der Waals surface area (Å²) < 4.78 is 0. The molecule has 2 rings (SSSR count). The molecule has 1 unspecified atom stereocenters. The molecule has 0 aromatic heterocycles. The molecule has 1 aliphatic rings. The highest BCUT2D eigenvalue weighted by Gasteiger charge is 2.33. The maximum absolute atomic E-state index is 12.0. The van der Waals surface area contributed by atoms with Gasteiger partial charge in [0.15, 0.2) is 0 Å². The van der Waals surface area contributed by atoms with Crippen LogP contribution in [0.15, 0.2) is 24.3 Å². The Hall–Kier alpha value is -2.24. The number of rotatable bonds is 6. The lowest BCUT2D eigenvalue weighted by Crippen LogP contribution is -2.40. The molecule has 0 heterocycles. The number of carbonyl (C=O) groups excluding carboxylic acids is 1. The average molecular weight is 291 g/mol. The lowest BCUT2D eigenvalue weighted by molar-refractivity contribution is -0.137. The quantitative estimate of drug-likeness (QED) is 0.750. The van der Waals surface area contributed by atoms with Crippen molar-refractivity contribution in [1.82, 2.24) is 5.32 Å². The molecule has 1 fully saturated rings. The van der Waals surface area contributed by atoms with Crippen LogP contribution >= 0.6 is 0 Å². The molecule has 2 amide bonds. The Bertz CT molecular complexity index is 527. The van der Waals surface area contributed by atoms with E-state index in [-0.39, 0.29) is 18.5 Å². The van der Waals surface area contributed by atoms with Gasteiger partial charge in [0.25, 0.3) is 0 Å². The van der Waals surface area contributed by atoms with Gasteiger partial charge in [0.1, 0.15) is 0 Å². The second-order valence-corrected chi connectivity index (χ2v) is 5.59. The third-order valence-corrected chi connectivity index (χ3v) is 3.52. The number of aliphatic carboxylic acids is 1. The number of carboxylic acid groups (broad SMARTS) is 1. The Labute approximate surface area is 124 Å². The highest BCUT2D eigenvalue weighted by Crippen LogP contribution is 2.34. The zero-order valence-electron chi connectivity index (χ0n) is 12.3. The fourth-order valence-electron chi connectivity index (χ4n) is 2.22. The van der Waals surface area contributed by atoms with E-state index in [9.17, 15) is 9.59 Å². The van der Waals surface area contributed by atoms with Crippen LogP contribution in [0.1, 0.15) is 19.3 Å². The number of nitrogens with one attached hydrogen (secondary N) is 2. The van der Waals surface area contributed by atoms with Crippen LogP contribution < -0.4 is 15.5 Å². The van der Waals surface area contributed by atoms with Gasteiger partial charge in [-0.1, -0.05) is 6.07 Å². The van der Waals surface area contributed by atoms with Gasteiger partial charge in [-0.2, -0.15) is 0 Å². The highest BCUT2D eigenvalue weighted by molar-refractivity contribution is 5.90. The molecule has 0 bridgehead atoms.